The van der Waals surface area contributed by atoms with Crippen molar-refractivity contribution in [1.29, 1.82) is 0 Å². The van der Waals surface area contributed by atoms with E-state index in [1.165, 1.54) is 0 Å². The summed E-state index contributed by atoms with van der Waals surface area (Å²) in [5, 5.41) is 16.5. The maximum Gasteiger partial charge on any atom is 0.320 e. The van der Waals surface area contributed by atoms with Crippen LogP contribution in [0.2, 0.25) is 0 Å². The number of hydrogen-bond donors (Lipinski definition) is 3. The molecule has 0 bridgehead atoms. The van der Waals surface area contributed by atoms with E-state index in [0.717, 1.165) is 25.9 Å². The maximum atomic E-state index is 11.4. The molecule has 124 valence electrons. The Labute approximate surface area is 131 Å². The highest BCUT2D eigenvalue weighted by atomic mass is 16.5. The third kappa shape index (κ3) is 2.12. The van der Waals surface area contributed by atoms with Gasteiger partial charge in [0.1, 0.15) is 6.04 Å². The van der Waals surface area contributed by atoms with Gasteiger partial charge in [-0.1, -0.05) is 20.8 Å². The minimum absolute atomic E-state index is 0.0674. The van der Waals surface area contributed by atoms with Crippen LogP contribution < -0.4 is 10.6 Å². The van der Waals surface area contributed by atoms with Gasteiger partial charge in [0.2, 0.25) is 0 Å². The minimum atomic E-state index is -0.733. The standard InChI is InChI=1S/C16H27N3O3/c1-15(2,3)14-18-9-4-5-10(13(20)21)17-12(9)19(14)11-8-16(11)6-7-22-16/h9-12,14,17-18H,4-8H2,1-3H3,(H,20,21)/t9?,10?,11-,12?,14?,16?/m1/s1. The lowest BCUT2D eigenvalue weighted by molar-refractivity contribution is -0.141. The summed E-state index contributed by atoms with van der Waals surface area (Å²) in [7, 11) is 0. The fourth-order valence-electron chi connectivity index (χ4n) is 4.53. The molecule has 6 nitrogen and oxygen atoms in total. The monoisotopic (exact) mass is 309 g/mol. The number of fused-ring (bicyclic) bond motifs is 1. The first kappa shape index (κ1) is 14.9. The molecule has 4 aliphatic rings. The molecule has 22 heavy (non-hydrogen) atoms. The molecule has 0 radical (unpaired) electrons. The Balaban J connectivity index is 1.59. The zero-order chi connectivity index (χ0) is 15.7. The summed E-state index contributed by atoms with van der Waals surface area (Å²) in [6.07, 6.45) is 4.21. The molecule has 1 saturated carbocycles. The van der Waals surface area contributed by atoms with Gasteiger partial charge in [0, 0.05) is 18.5 Å². The molecule has 5 unspecified atom stereocenters. The fourth-order valence-corrected chi connectivity index (χ4v) is 4.53. The van der Waals surface area contributed by atoms with Gasteiger partial charge in [0.25, 0.3) is 0 Å². The van der Waals surface area contributed by atoms with E-state index in [1.807, 2.05) is 0 Å². The minimum Gasteiger partial charge on any atom is -0.480 e. The second-order valence-electron chi connectivity index (χ2n) is 8.45. The highest BCUT2D eigenvalue weighted by Crippen LogP contribution is 2.55. The summed E-state index contributed by atoms with van der Waals surface area (Å²) in [6, 6.07) is 0.326. The highest BCUT2D eigenvalue weighted by molar-refractivity contribution is 5.73. The Kier molecular flexibility index (Phi) is 3.15. The van der Waals surface area contributed by atoms with Crippen molar-refractivity contribution in [2.45, 2.75) is 82.5 Å². The molecule has 3 saturated heterocycles. The third-order valence-electron chi connectivity index (χ3n) is 5.89. The molecule has 3 heterocycles. The van der Waals surface area contributed by atoms with E-state index < -0.39 is 12.0 Å². The van der Waals surface area contributed by atoms with E-state index in [0.29, 0.717) is 18.5 Å². The number of hydrogen-bond acceptors (Lipinski definition) is 5. The molecule has 0 aromatic rings. The van der Waals surface area contributed by atoms with Crippen LogP contribution in [0.1, 0.15) is 46.5 Å². The first-order chi connectivity index (χ1) is 10.3. The zero-order valence-electron chi connectivity index (χ0n) is 13.6. The molecule has 3 aliphatic heterocycles. The van der Waals surface area contributed by atoms with Gasteiger partial charge in [-0.15, -0.1) is 0 Å². The van der Waals surface area contributed by atoms with E-state index >= 15 is 0 Å². The van der Waals surface area contributed by atoms with Gasteiger partial charge < -0.3 is 9.84 Å². The van der Waals surface area contributed by atoms with Crippen LogP contribution in [-0.4, -0.2) is 58.6 Å². The van der Waals surface area contributed by atoms with Crippen molar-refractivity contribution in [2.24, 2.45) is 5.41 Å². The van der Waals surface area contributed by atoms with E-state index in [9.17, 15) is 9.90 Å². The molecule has 3 N–H and O–H groups in total. The number of piperidine rings is 1. The van der Waals surface area contributed by atoms with Crippen molar-refractivity contribution in [2.75, 3.05) is 6.61 Å². The summed E-state index contributed by atoms with van der Waals surface area (Å²) < 4.78 is 5.86. The van der Waals surface area contributed by atoms with Crippen LogP contribution in [-0.2, 0) is 9.53 Å². The van der Waals surface area contributed by atoms with Crippen molar-refractivity contribution in [1.82, 2.24) is 15.5 Å². The first-order valence-electron chi connectivity index (χ1n) is 8.48. The zero-order valence-corrected chi connectivity index (χ0v) is 13.6. The molecule has 1 spiro atoms. The van der Waals surface area contributed by atoms with E-state index in [1.54, 1.807) is 0 Å². The van der Waals surface area contributed by atoms with E-state index in [-0.39, 0.29) is 23.3 Å². The van der Waals surface area contributed by atoms with Gasteiger partial charge in [-0.3, -0.25) is 20.3 Å². The molecular formula is C16H27N3O3. The van der Waals surface area contributed by atoms with Crippen molar-refractivity contribution >= 4 is 5.97 Å². The number of carboxylic acid groups (broad SMARTS) is 1. The molecule has 1 aliphatic carbocycles. The summed E-state index contributed by atoms with van der Waals surface area (Å²) in [5.74, 6) is -0.733. The Morgan fingerprint density at radius 3 is 2.55 bits per heavy atom. The number of aliphatic carboxylic acids is 1. The van der Waals surface area contributed by atoms with Gasteiger partial charge in [-0.25, -0.2) is 0 Å². The fraction of sp³-hybridized carbons (Fsp3) is 0.938. The SMILES string of the molecule is CC(C)(C)C1NC2CCC(C(=O)O)NC2N1[C@@H]1CC12CCO2. The van der Waals surface area contributed by atoms with Crippen LogP contribution in [0.3, 0.4) is 0 Å². The average Bonchev–Trinajstić information content (AvgIpc) is 3.03. The highest BCUT2D eigenvalue weighted by Gasteiger charge is 2.67. The lowest BCUT2D eigenvalue weighted by Crippen LogP contribution is -2.60. The molecule has 0 aromatic carbocycles. The van der Waals surface area contributed by atoms with Gasteiger partial charge >= 0.3 is 5.97 Å². The quantitative estimate of drug-likeness (QED) is 0.698. The summed E-state index contributed by atoms with van der Waals surface area (Å²) in [4.78, 5) is 13.9. The van der Waals surface area contributed by atoms with Gasteiger partial charge in [-0.05, 0) is 24.7 Å². The Morgan fingerprint density at radius 1 is 1.32 bits per heavy atom. The average molecular weight is 309 g/mol. The Morgan fingerprint density at radius 2 is 2.05 bits per heavy atom. The molecule has 6 atom stereocenters. The number of carbonyl (C=O) groups is 1. The van der Waals surface area contributed by atoms with E-state index in [4.69, 9.17) is 4.74 Å². The second-order valence-corrected chi connectivity index (χ2v) is 8.45. The lowest BCUT2D eigenvalue weighted by atomic mass is 9.91. The van der Waals surface area contributed by atoms with Crippen LogP contribution in [0.25, 0.3) is 0 Å². The number of nitrogens with zero attached hydrogens (tertiary/aromatic N) is 1. The van der Waals surface area contributed by atoms with Crippen LogP contribution >= 0.6 is 0 Å². The van der Waals surface area contributed by atoms with Crippen LogP contribution in [0.5, 0.6) is 0 Å². The predicted octanol–water partition coefficient (Wildman–Crippen LogP) is 0.727. The molecule has 4 rings (SSSR count). The van der Waals surface area contributed by atoms with Crippen molar-refractivity contribution in [3.05, 3.63) is 0 Å². The van der Waals surface area contributed by atoms with Crippen LogP contribution in [0.4, 0.5) is 0 Å². The lowest BCUT2D eigenvalue weighted by Gasteiger charge is -2.41. The van der Waals surface area contributed by atoms with Crippen molar-refractivity contribution in [3.8, 4) is 0 Å². The first-order valence-corrected chi connectivity index (χ1v) is 8.48. The van der Waals surface area contributed by atoms with Gasteiger partial charge in [-0.2, -0.15) is 0 Å². The number of rotatable bonds is 2. The van der Waals surface area contributed by atoms with Crippen molar-refractivity contribution < 1.29 is 14.6 Å². The predicted molar refractivity (Wildman–Crippen MR) is 81.3 cm³/mol. The summed E-state index contributed by atoms with van der Waals surface area (Å²) in [5.41, 5.74) is 0.170. The number of nitrogens with one attached hydrogen (secondary N) is 2. The summed E-state index contributed by atoms with van der Waals surface area (Å²) in [6.45, 7) is 7.62. The number of ether oxygens (including phenoxy) is 1. The van der Waals surface area contributed by atoms with Crippen molar-refractivity contribution in [3.63, 3.8) is 0 Å². The molecular weight excluding hydrogens is 282 g/mol. The second kappa shape index (κ2) is 4.66. The van der Waals surface area contributed by atoms with Crippen LogP contribution in [0.15, 0.2) is 0 Å². The van der Waals surface area contributed by atoms with E-state index in [2.05, 4.69) is 36.3 Å². The maximum absolute atomic E-state index is 11.4. The number of carboxylic acids is 1. The smallest absolute Gasteiger partial charge is 0.320 e. The summed E-state index contributed by atoms with van der Waals surface area (Å²) >= 11 is 0. The Bertz CT molecular complexity index is 486. The molecule has 0 aromatic heterocycles. The van der Waals surface area contributed by atoms with Gasteiger partial charge in [0.15, 0.2) is 0 Å². The molecule has 0 amide bonds. The largest absolute Gasteiger partial charge is 0.480 e. The third-order valence-corrected chi connectivity index (χ3v) is 5.89. The molecule has 4 fully saturated rings. The Hall–Kier alpha value is -0.690. The molecule has 6 heteroatoms. The topological polar surface area (TPSA) is 73.8 Å². The van der Waals surface area contributed by atoms with Gasteiger partial charge in [0.05, 0.1) is 24.5 Å². The normalized spacial score (nSPS) is 48.0. The van der Waals surface area contributed by atoms with Crippen LogP contribution in [0, 0.1) is 5.41 Å².